The number of hydrogen-bond donors (Lipinski definition) is 1. The number of hydrogen-bond acceptors (Lipinski definition) is 3. The lowest BCUT2D eigenvalue weighted by Gasteiger charge is -2.24. The summed E-state index contributed by atoms with van der Waals surface area (Å²) in [5.41, 5.74) is 4.22. The van der Waals surface area contributed by atoms with Crippen molar-refractivity contribution in [3.05, 3.63) is 35.4 Å². The number of benzene rings is 1. The average molecular weight is 264 g/mol. The third kappa shape index (κ3) is 5.01. The van der Waals surface area contributed by atoms with Crippen LogP contribution in [0.1, 0.15) is 43.6 Å². The lowest BCUT2D eigenvalue weighted by atomic mass is 10.1. The zero-order chi connectivity index (χ0) is 14.3. The van der Waals surface area contributed by atoms with Gasteiger partial charge in [0.2, 0.25) is 0 Å². The Morgan fingerprint density at radius 3 is 2.37 bits per heavy atom. The van der Waals surface area contributed by atoms with Gasteiger partial charge in [-0.05, 0) is 45.0 Å². The molecule has 0 aliphatic rings. The second-order valence-electron chi connectivity index (χ2n) is 4.72. The van der Waals surface area contributed by atoms with Crippen molar-refractivity contribution in [2.24, 2.45) is 0 Å². The summed E-state index contributed by atoms with van der Waals surface area (Å²) < 4.78 is 0. The van der Waals surface area contributed by atoms with Crippen LogP contribution in [0.3, 0.4) is 0 Å². The Kier molecular flexibility index (Phi) is 6.53. The van der Waals surface area contributed by atoms with Crippen molar-refractivity contribution >= 4 is 5.91 Å². The fourth-order valence-electron chi connectivity index (χ4n) is 1.85. The normalized spacial score (nSPS) is 11.1. The lowest BCUT2D eigenvalue weighted by molar-refractivity contribution is 0.0364. The highest BCUT2D eigenvalue weighted by Gasteiger charge is 2.09. The summed E-state index contributed by atoms with van der Waals surface area (Å²) in [6, 6.07) is 8.17. The predicted molar refractivity (Wildman–Crippen MR) is 76.8 cm³/mol. The molecule has 0 aliphatic heterocycles. The van der Waals surface area contributed by atoms with E-state index in [1.54, 1.807) is 0 Å². The van der Waals surface area contributed by atoms with Crippen LogP contribution in [0.15, 0.2) is 24.3 Å². The summed E-state index contributed by atoms with van der Waals surface area (Å²) in [4.78, 5) is 18.9. The van der Waals surface area contributed by atoms with Gasteiger partial charge in [-0.15, -0.1) is 0 Å². The quantitative estimate of drug-likeness (QED) is 0.770. The average Bonchev–Trinajstić information content (AvgIpc) is 2.42. The summed E-state index contributed by atoms with van der Waals surface area (Å²) in [6.07, 6.45) is 0. The molecule has 4 nitrogen and oxygen atoms in total. The molecule has 0 radical (unpaired) electrons. The molecule has 1 amide bonds. The van der Waals surface area contributed by atoms with Crippen molar-refractivity contribution in [2.75, 3.05) is 13.2 Å². The Bertz CT molecular complexity index is 388. The molecule has 0 spiro atoms. The highest BCUT2D eigenvalue weighted by Crippen LogP contribution is 2.10. The standard InChI is InChI=1S/C15H24N2O2/c1-5-17(12(3)4)11-13-7-9-14(10-8-13)15(18)16-19-6-2/h7-10,12H,5-6,11H2,1-4H3,(H,16,18). The van der Waals surface area contributed by atoms with Gasteiger partial charge in [0.1, 0.15) is 0 Å². The topological polar surface area (TPSA) is 41.6 Å². The van der Waals surface area contributed by atoms with Gasteiger partial charge in [0.05, 0.1) is 6.61 Å². The van der Waals surface area contributed by atoms with Gasteiger partial charge in [-0.25, -0.2) is 5.48 Å². The van der Waals surface area contributed by atoms with Crippen LogP contribution < -0.4 is 5.48 Å². The first kappa shape index (κ1) is 15.7. The lowest BCUT2D eigenvalue weighted by Crippen LogP contribution is -2.30. The Morgan fingerprint density at radius 2 is 1.89 bits per heavy atom. The second-order valence-corrected chi connectivity index (χ2v) is 4.72. The maximum Gasteiger partial charge on any atom is 0.274 e. The second kappa shape index (κ2) is 7.92. The number of carbonyl (C=O) groups excluding carboxylic acids is 1. The monoisotopic (exact) mass is 264 g/mol. The van der Waals surface area contributed by atoms with Gasteiger partial charge >= 0.3 is 0 Å². The number of rotatable bonds is 7. The van der Waals surface area contributed by atoms with Gasteiger partial charge in [0.15, 0.2) is 0 Å². The third-order valence-electron chi connectivity index (χ3n) is 3.05. The number of carbonyl (C=O) groups is 1. The Labute approximate surface area is 115 Å². The van der Waals surface area contributed by atoms with Crippen LogP contribution in [0.4, 0.5) is 0 Å². The van der Waals surface area contributed by atoms with Crippen LogP contribution in [0.2, 0.25) is 0 Å². The molecule has 0 saturated heterocycles. The molecule has 0 heterocycles. The van der Waals surface area contributed by atoms with Crippen molar-refractivity contribution in [2.45, 2.75) is 40.3 Å². The SMILES string of the molecule is CCONC(=O)c1ccc(CN(CC)C(C)C)cc1. The van der Waals surface area contributed by atoms with E-state index in [0.717, 1.165) is 13.1 Å². The van der Waals surface area contributed by atoms with E-state index in [1.165, 1.54) is 5.56 Å². The smallest absolute Gasteiger partial charge is 0.274 e. The van der Waals surface area contributed by atoms with Gasteiger partial charge in [0.25, 0.3) is 5.91 Å². The van der Waals surface area contributed by atoms with Gasteiger partial charge in [0, 0.05) is 18.2 Å². The minimum Gasteiger partial charge on any atom is -0.297 e. The van der Waals surface area contributed by atoms with E-state index >= 15 is 0 Å². The number of nitrogens with zero attached hydrogens (tertiary/aromatic N) is 1. The summed E-state index contributed by atoms with van der Waals surface area (Å²) in [5, 5.41) is 0. The molecular weight excluding hydrogens is 240 g/mol. The predicted octanol–water partition coefficient (Wildman–Crippen LogP) is 2.60. The minimum absolute atomic E-state index is 0.204. The molecular formula is C15H24N2O2. The van der Waals surface area contributed by atoms with Crippen molar-refractivity contribution in [3.8, 4) is 0 Å². The number of hydroxylamine groups is 1. The van der Waals surface area contributed by atoms with Gasteiger partial charge in [-0.2, -0.15) is 0 Å². The summed E-state index contributed by atoms with van der Waals surface area (Å²) in [5.74, 6) is -0.204. The molecule has 0 aromatic heterocycles. The van der Waals surface area contributed by atoms with E-state index in [4.69, 9.17) is 4.84 Å². The van der Waals surface area contributed by atoms with Gasteiger partial charge in [-0.1, -0.05) is 19.1 Å². The van der Waals surface area contributed by atoms with E-state index in [0.29, 0.717) is 18.2 Å². The largest absolute Gasteiger partial charge is 0.297 e. The molecule has 0 bridgehead atoms. The zero-order valence-electron chi connectivity index (χ0n) is 12.3. The fourth-order valence-corrected chi connectivity index (χ4v) is 1.85. The molecule has 0 atom stereocenters. The van der Waals surface area contributed by atoms with Crippen molar-refractivity contribution in [1.82, 2.24) is 10.4 Å². The van der Waals surface area contributed by atoms with Crippen LogP contribution in [-0.4, -0.2) is 30.0 Å². The molecule has 1 aromatic carbocycles. The first-order chi connectivity index (χ1) is 9.08. The van der Waals surface area contributed by atoms with Gasteiger partial charge in [-0.3, -0.25) is 14.5 Å². The van der Waals surface area contributed by atoms with E-state index in [-0.39, 0.29) is 5.91 Å². The summed E-state index contributed by atoms with van der Waals surface area (Å²) >= 11 is 0. The summed E-state index contributed by atoms with van der Waals surface area (Å²) in [6.45, 7) is 10.7. The molecule has 1 rings (SSSR count). The molecule has 0 unspecified atom stereocenters. The van der Waals surface area contributed by atoms with Crippen molar-refractivity contribution < 1.29 is 9.63 Å². The molecule has 0 aliphatic carbocycles. The van der Waals surface area contributed by atoms with Crippen molar-refractivity contribution in [3.63, 3.8) is 0 Å². The van der Waals surface area contributed by atoms with E-state index in [9.17, 15) is 4.79 Å². The highest BCUT2D eigenvalue weighted by atomic mass is 16.6. The van der Waals surface area contributed by atoms with Crippen LogP contribution in [0.5, 0.6) is 0 Å². The van der Waals surface area contributed by atoms with Crippen LogP contribution in [0, 0.1) is 0 Å². The fraction of sp³-hybridized carbons (Fsp3) is 0.533. The first-order valence-corrected chi connectivity index (χ1v) is 6.83. The molecule has 106 valence electrons. The number of nitrogens with one attached hydrogen (secondary N) is 1. The zero-order valence-corrected chi connectivity index (χ0v) is 12.3. The van der Waals surface area contributed by atoms with E-state index < -0.39 is 0 Å². The molecule has 19 heavy (non-hydrogen) atoms. The molecule has 1 N–H and O–H groups in total. The molecule has 4 heteroatoms. The Balaban J connectivity index is 2.63. The van der Waals surface area contributed by atoms with Crippen LogP contribution in [-0.2, 0) is 11.4 Å². The van der Waals surface area contributed by atoms with Crippen molar-refractivity contribution in [1.29, 1.82) is 0 Å². The Morgan fingerprint density at radius 1 is 1.26 bits per heavy atom. The molecule has 1 aromatic rings. The van der Waals surface area contributed by atoms with E-state index in [1.807, 2.05) is 31.2 Å². The van der Waals surface area contributed by atoms with Gasteiger partial charge < -0.3 is 0 Å². The maximum atomic E-state index is 11.7. The van der Waals surface area contributed by atoms with Crippen LogP contribution in [0.25, 0.3) is 0 Å². The summed E-state index contributed by atoms with van der Waals surface area (Å²) in [7, 11) is 0. The Hall–Kier alpha value is -1.39. The minimum atomic E-state index is -0.204. The maximum absolute atomic E-state index is 11.7. The first-order valence-electron chi connectivity index (χ1n) is 6.83. The molecule has 0 saturated carbocycles. The highest BCUT2D eigenvalue weighted by molar-refractivity contribution is 5.93. The van der Waals surface area contributed by atoms with Crippen LogP contribution >= 0.6 is 0 Å². The third-order valence-corrected chi connectivity index (χ3v) is 3.05. The molecule has 0 fully saturated rings. The van der Waals surface area contributed by atoms with E-state index in [2.05, 4.69) is 31.2 Å². The number of amides is 1.